The van der Waals surface area contributed by atoms with Crippen LogP contribution in [0.3, 0.4) is 0 Å². The number of hydrogen-bond acceptors (Lipinski definition) is 3. The molecule has 1 N–H and O–H groups in total. The summed E-state index contributed by atoms with van der Waals surface area (Å²) >= 11 is 0. The SMILES string of the molecule is CCCOc1ccccc1C=Nc1ccc([C@@H]2Nc3ccccc3[C@H]3C=CC[C@@H]32)cc1. The van der Waals surface area contributed by atoms with Crippen LogP contribution in [0.25, 0.3) is 0 Å². The molecule has 0 saturated heterocycles. The molecule has 3 aromatic carbocycles. The van der Waals surface area contributed by atoms with E-state index >= 15 is 0 Å². The topological polar surface area (TPSA) is 33.6 Å². The molecule has 0 amide bonds. The van der Waals surface area contributed by atoms with Gasteiger partial charge in [-0.25, -0.2) is 0 Å². The van der Waals surface area contributed by atoms with E-state index in [2.05, 4.69) is 72.9 Å². The van der Waals surface area contributed by atoms with E-state index in [0.717, 1.165) is 29.8 Å². The predicted octanol–water partition coefficient (Wildman–Crippen LogP) is 7.05. The van der Waals surface area contributed by atoms with Crippen molar-refractivity contribution in [3.63, 3.8) is 0 Å². The molecule has 0 spiro atoms. The number of nitrogens with one attached hydrogen (secondary N) is 1. The van der Waals surface area contributed by atoms with E-state index in [1.807, 2.05) is 30.5 Å². The standard InChI is InChI=1S/C28H28N2O/c1-2-18-31-27-13-6-3-8-21(27)19-29-22-16-14-20(15-17-22)28-25-11-7-10-23(25)24-9-4-5-12-26(24)30-28/h3-10,12-17,19,23,25,28,30H,2,11,18H2,1H3/t23-,25+,28+/m1/s1. The summed E-state index contributed by atoms with van der Waals surface area (Å²) in [6.45, 7) is 2.83. The number of benzene rings is 3. The highest BCUT2D eigenvalue weighted by atomic mass is 16.5. The van der Waals surface area contributed by atoms with Crippen LogP contribution in [0.1, 0.15) is 48.4 Å². The Hall–Kier alpha value is -3.33. The largest absolute Gasteiger partial charge is 0.493 e. The first kappa shape index (κ1) is 19.6. The fourth-order valence-electron chi connectivity index (χ4n) is 4.72. The molecule has 0 saturated carbocycles. The molecule has 0 radical (unpaired) electrons. The van der Waals surface area contributed by atoms with Crippen LogP contribution in [0.15, 0.2) is 89.9 Å². The molecule has 2 aliphatic rings. The van der Waals surface area contributed by atoms with Gasteiger partial charge in [0, 0.05) is 23.4 Å². The Balaban J connectivity index is 1.35. The molecule has 156 valence electrons. The Morgan fingerprint density at radius 3 is 2.68 bits per heavy atom. The molecular weight excluding hydrogens is 380 g/mol. The van der Waals surface area contributed by atoms with Crippen LogP contribution in [0.5, 0.6) is 5.75 Å². The van der Waals surface area contributed by atoms with E-state index in [4.69, 9.17) is 9.73 Å². The maximum absolute atomic E-state index is 5.84. The van der Waals surface area contributed by atoms with Gasteiger partial charge >= 0.3 is 0 Å². The molecule has 0 fully saturated rings. The molecule has 3 aromatic rings. The van der Waals surface area contributed by atoms with Gasteiger partial charge in [-0.2, -0.15) is 0 Å². The summed E-state index contributed by atoms with van der Waals surface area (Å²) in [7, 11) is 0. The van der Waals surface area contributed by atoms with Crippen LogP contribution in [0.2, 0.25) is 0 Å². The third-order valence-electron chi connectivity index (χ3n) is 6.26. The van der Waals surface area contributed by atoms with Gasteiger partial charge in [0.1, 0.15) is 5.75 Å². The van der Waals surface area contributed by atoms with E-state index in [1.54, 1.807) is 0 Å². The van der Waals surface area contributed by atoms with E-state index in [-0.39, 0.29) is 0 Å². The molecule has 0 unspecified atom stereocenters. The number of fused-ring (bicyclic) bond motifs is 3. The van der Waals surface area contributed by atoms with Gasteiger partial charge in [0.15, 0.2) is 0 Å². The summed E-state index contributed by atoms with van der Waals surface area (Å²) in [6.07, 6.45) is 8.72. The number of rotatable bonds is 6. The van der Waals surface area contributed by atoms with Crippen molar-refractivity contribution in [1.29, 1.82) is 0 Å². The molecular formula is C28H28N2O. The number of anilines is 1. The van der Waals surface area contributed by atoms with Crippen LogP contribution in [-0.4, -0.2) is 12.8 Å². The quantitative estimate of drug-likeness (QED) is 0.350. The van der Waals surface area contributed by atoms with Crippen molar-refractivity contribution in [1.82, 2.24) is 0 Å². The first-order chi connectivity index (χ1) is 15.3. The average Bonchev–Trinajstić information content (AvgIpc) is 3.32. The number of hydrogen-bond donors (Lipinski definition) is 1. The maximum atomic E-state index is 5.84. The highest BCUT2D eigenvalue weighted by molar-refractivity contribution is 5.85. The van der Waals surface area contributed by atoms with Gasteiger partial charge in [-0.1, -0.05) is 61.5 Å². The van der Waals surface area contributed by atoms with Crippen molar-refractivity contribution in [2.24, 2.45) is 10.9 Å². The fourth-order valence-corrected chi connectivity index (χ4v) is 4.72. The lowest BCUT2D eigenvalue weighted by Gasteiger charge is -2.37. The van der Waals surface area contributed by atoms with Crippen molar-refractivity contribution in [2.45, 2.75) is 31.7 Å². The first-order valence-corrected chi connectivity index (χ1v) is 11.2. The average molecular weight is 409 g/mol. The summed E-state index contributed by atoms with van der Waals surface area (Å²) in [5.41, 5.74) is 5.95. The van der Waals surface area contributed by atoms with E-state index in [1.165, 1.54) is 16.8 Å². The van der Waals surface area contributed by atoms with Crippen molar-refractivity contribution < 1.29 is 4.74 Å². The minimum atomic E-state index is 0.316. The molecule has 1 aliphatic carbocycles. The highest BCUT2D eigenvalue weighted by Gasteiger charge is 2.37. The predicted molar refractivity (Wildman–Crippen MR) is 129 cm³/mol. The van der Waals surface area contributed by atoms with Gasteiger partial charge < -0.3 is 10.1 Å². The fraction of sp³-hybridized carbons (Fsp3) is 0.250. The Morgan fingerprint density at radius 1 is 1.00 bits per heavy atom. The van der Waals surface area contributed by atoms with Crippen molar-refractivity contribution in [3.8, 4) is 5.75 Å². The third kappa shape index (κ3) is 4.00. The zero-order chi connectivity index (χ0) is 21.0. The van der Waals surface area contributed by atoms with Gasteiger partial charge in [-0.05, 0) is 60.2 Å². The monoisotopic (exact) mass is 408 g/mol. The first-order valence-electron chi connectivity index (χ1n) is 11.2. The summed E-state index contributed by atoms with van der Waals surface area (Å²) in [6, 6.07) is 25.7. The molecule has 3 heteroatoms. The molecule has 0 bridgehead atoms. The van der Waals surface area contributed by atoms with Crippen LogP contribution in [0.4, 0.5) is 11.4 Å². The molecule has 0 aromatic heterocycles. The summed E-state index contributed by atoms with van der Waals surface area (Å²) < 4.78 is 5.84. The van der Waals surface area contributed by atoms with E-state index < -0.39 is 0 Å². The third-order valence-corrected chi connectivity index (χ3v) is 6.26. The second kappa shape index (κ2) is 8.81. The molecule has 1 heterocycles. The lowest BCUT2D eigenvalue weighted by Crippen LogP contribution is -2.28. The van der Waals surface area contributed by atoms with Crippen LogP contribution >= 0.6 is 0 Å². The van der Waals surface area contributed by atoms with Gasteiger partial charge in [0.05, 0.1) is 18.3 Å². The van der Waals surface area contributed by atoms with Crippen LogP contribution in [-0.2, 0) is 0 Å². The normalized spacial score (nSPS) is 21.5. The Morgan fingerprint density at radius 2 is 1.81 bits per heavy atom. The molecule has 1 aliphatic heterocycles. The van der Waals surface area contributed by atoms with E-state index in [0.29, 0.717) is 24.5 Å². The van der Waals surface area contributed by atoms with Crippen molar-refractivity contribution in [2.75, 3.05) is 11.9 Å². The second-order valence-electron chi connectivity index (χ2n) is 8.30. The summed E-state index contributed by atoms with van der Waals surface area (Å²) in [5, 5.41) is 3.79. The number of ether oxygens (including phenoxy) is 1. The number of para-hydroxylation sites is 2. The lowest BCUT2D eigenvalue weighted by atomic mass is 9.77. The van der Waals surface area contributed by atoms with Crippen molar-refractivity contribution in [3.05, 3.63) is 102 Å². The maximum Gasteiger partial charge on any atom is 0.128 e. The Bertz CT molecular complexity index is 1100. The zero-order valence-corrected chi connectivity index (χ0v) is 17.9. The Labute approximate surface area is 184 Å². The van der Waals surface area contributed by atoms with Crippen LogP contribution < -0.4 is 10.1 Å². The van der Waals surface area contributed by atoms with Gasteiger partial charge in [0.25, 0.3) is 0 Å². The second-order valence-corrected chi connectivity index (χ2v) is 8.30. The van der Waals surface area contributed by atoms with Gasteiger partial charge in [0.2, 0.25) is 0 Å². The molecule has 5 rings (SSSR count). The molecule has 3 nitrogen and oxygen atoms in total. The minimum Gasteiger partial charge on any atom is -0.493 e. The smallest absolute Gasteiger partial charge is 0.128 e. The highest BCUT2D eigenvalue weighted by Crippen LogP contribution is 2.49. The van der Waals surface area contributed by atoms with Crippen LogP contribution in [0, 0.1) is 5.92 Å². The van der Waals surface area contributed by atoms with Crippen molar-refractivity contribution >= 4 is 17.6 Å². The summed E-state index contributed by atoms with van der Waals surface area (Å²) in [5.74, 6) is 1.95. The number of allylic oxidation sites excluding steroid dienone is 2. The summed E-state index contributed by atoms with van der Waals surface area (Å²) in [4.78, 5) is 4.70. The Kier molecular flexibility index (Phi) is 5.57. The molecule has 31 heavy (non-hydrogen) atoms. The number of nitrogens with zero attached hydrogens (tertiary/aromatic N) is 1. The van der Waals surface area contributed by atoms with Gasteiger partial charge in [-0.3, -0.25) is 4.99 Å². The molecule has 3 atom stereocenters. The minimum absolute atomic E-state index is 0.316. The van der Waals surface area contributed by atoms with E-state index in [9.17, 15) is 0 Å². The lowest BCUT2D eigenvalue weighted by molar-refractivity contribution is 0.317. The zero-order valence-electron chi connectivity index (χ0n) is 17.9. The van der Waals surface area contributed by atoms with Gasteiger partial charge in [-0.15, -0.1) is 0 Å². The number of aliphatic imine (C=N–C) groups is 1.